The van der Waals surface area contributed by atoms with Crippen molar-refractivity contribution in [1.29, 1.82) is 0 Å². The molecule has 0 saturated heterocycles. The van der Waals surface area contributed by atoms with Gasteiger partial charge in [0.1, 0.15) is 0 Å². The van der Waals surface area contributed by atoms with Crippen molar-refractivity contribution in [3.8, 4) is 0 Å². The standard InChI is InChI=1S/C14H28F2N2/c1-13(2,3)17-9-10-18(4)11-12-5-7-14(15,16)8-6-12/h12,17H,5-11H2,1-4H3. The first-order chi connectivity index (χ1) is 8.18. The Labute approximate surface area is 110 Å². The molecule has 0 aromatic rings. The van der Waals surface area contributed by atoms with Crippen molar-refractivity contribution < 1.29 is 8.78 Å². The molecule has 0 amide bonds. The van der Waals surface area contributed by atoms with Crippen molar-refractivity contribution in [3.05, 3.63) is 0 Å². The zero-order chi connectivity index (χ0) is 13.8. The molecule has 0 aromatic carbocycles. The number of likely N-dealkylation sites (N-methyl/N-ethyl adjacent to an activating group) is 1. The van der Waals surface area contributed by atoms with Crippen molar-refractivity contribution in [2.24, 2.45) is 5.92 Å². The molecule has 0 aliphatic heterocycles. The third-order valence-corrected chi connectivity index (χ3v) is 3.56. The highest BCUT2D eigenvalue weighted by molar-refractivity contribution is 4.79. The van der Waals surface area contributed by atoms with Gasteiger partial charge in [-0.2, -0.15) is 0 Å². The summed E-state index contributed by atoms with van der Waals surface area (Å²) in [6.07, 6.45) is 1.49. The van der Waals surface area contributed by atoms with Gasteiger partial charge in [0.2, 0.25) is 5.92 Å². The van der Waals surface area contributed by atoms with Crippen molar-refractivity contribution >= 4 is 0 Å². The van der Waals surface area contributed by atoms with Crippen LogP contribution in [0.5, 0.6) is 0 Å². The molecule has 1 N–H and O–H groups in total. The predicted octanol–water partition coefficient (Wildman–Crippen LogP) is 3.13. The number of hydrogen-bond acceptors (Lipinski definition) is 2. The fourth-order valence-electron chi connectivity index (χ4n) is 2.44. The lowest BCUT2D eigenvalue weighted by Crippen LogP contribution is -2.41. The fourth-order valence-corrected chi connectivity index (χ4v) is 2.44. The van der Waals surface area contributed by atoms with Crippen LogP contribution in [0.1, 0.15) is 46.5 Å². The highest BCUT2D eigenvalue weighted by Crippen LogP contribution is 2.36. The van der Waals surface area contributed by atoms with Gasteiger partial charge in [-0.15, -0.1) is 0 Å². The molecule has 1 aliphatic rings. The molecule has 4 heteroatoms. The Morgan fingerprint density at radius 2 is 1.78 bits per heavy atom. The summed E-state index contributed by atoms with van der Waals surface area (Å²) in [5, 5.41) is 3.44. The van der Waals surface area contributed by atoms with Crippen molar-refractivity contribution in [2.45, 2.75) is 57.9 Å². The van der Waals surface area contributed by atoms with E-state index in [2.05, 4.69) is 38.0 Å². The second-order valence-corrected chi connectivity index (χ2v) is 6.74. The largest absolute Gasteiger partial charge is 0.311 e. The molecular formula is C14H28F2N2. The van der Waals surface area contributed by atoms with Gasteiger partial charge in [-0.3, -0.25) is 0 Å². The van der Waals surface area contributed by atoms with Gasteiger partial charge in [0, 0.05) is 38.0 Å². The summed E-state index contributed by atoms with van der Waals surface area (Å²) in [6, 6.07) is 0. The molecule has 0 radical (unpaired) electrons. The quantitative estimate of drug-likeness (QED) is 0.819. The first kappa shape index (κ1) is 15.8. The molecule has 1 saturated carbocycles. The molecule has 0 spiro atoms. The molecule has 0 aromatic heterocycles. The van der Waals surface area contributed by atoms with Crippen LogP contribution in [0.15, 0.2) is 0 Å². The lowest BCUT2D eigenvalue weighted by Gasteiger charge is -2.31. The fraction of sp³-hybridized carbons (Fsp3) is 1.00. The minimum absolute atomic E-state index is 0.0751. The summed E-state index contributed by atoms with van der Waals surface area (Å²) in [5.74, 6) is -1.95. The van der Waals surface area contributed by atoms with E-state index in [1.807, 2.05) is 0 Å². The number of hydrogen-bond donors (Lipinski definition) is 1. The van der Waals surface area contributed by atoms with Gasteiger partial charge >= 0.3 is 0 Å². The third kappa shape index (κ3) is 6.64. The van der Waals surface area contributed by atoms with E-state index in [1.165, 1.54) is 0 Å². The van der Waals surface area contributed by atoms with Gasteiger partial charge < -0.3 is 10.2 Å². The van der Waals surface area contributed by atoms with Gasteiger partial charge in [-0.25, -0.2) is 8.78 Å². The maximum atomic E-state index is 13.0. The smallest absolute Gasteiger partial charge is 0.248 e. The van der Waals surface area contributed by atoms with E-state index in [0.717, 1.165) is 19.6 Å². The first-order valence-electron chi connectivity index (χ1n) is 6.99. The van der Waals surface area contributed by atoms with Crippen LogP contribution in [0.3, 0.4) is 0 Å². The molecule has 2 nitrogen and oxygen atoms in total. The summed E-state index contributed by atoms with van der Waals surface area (Å²) >= 11 is 0. The van der Waals surface area contributed by atoms with E-state index in [-0.39, 0.29) is 18.4 Å². The Kier molecular flexibility index (Phi) is 5.53. The number of nitrogens with zero attached hydrogens (tertiary/aromatic N) is 1. The van der Waals surface area contributed by atoms with Crippen LogP contribution in [0.25, 0.3) is 0 Å². The van der Waals surface area contributed by atoms with Crippen LogP contribution >= 0.6 is 0 Å². The molecule has 0 bridgehead atoms. The molecule has 108 valence electrons. The van der Waals surface area contributed by atoms with Crippen LogP contribution in [0.4, 0.5) is 8.78 Å². The van der Waals surface area contributed by atoms with Gasteiger partial charge in [-0.05, 0) is 46.6 Å². The summed E-state index contributed by atoms with van der Waals surface area (Å²) < 4.78 is 26.1. The molecule has 0 heterocycles. The Morgan fingerprint density at radius 1 is 1.22 bits per heavy atom. The summed E-state index contributed by atoms with van der Waals surface area (Å²) in [5.41, 5.74) is 0.147. The molecule has 1 aliphatic carbocycles. The Bertz CT molecular complexity index is 239. The van der Waals surface area contributed by atoms with Gasteiger partial charge in [0.15, 0.2) is 0 Å². The molecule has 18 heavy (non-hydrogen) atoms. The topological polar surface area (TPSA) is 15.3 Å². The van der Waals surface area contributed by atoms with Gasteiger partial charge in [0.25, 0.3) is 0 Å². The summed E-state index contributed by atoms with van der Waals surface area (Å²) in [4.78, 5) is 2.26. The number of rotatable bonds is 5. The predicted molar refractivity (Wildman–Crippen MR) is 72.2 cm³/mol. The third-order valence-electron chi connectivity index (χ3n) is 3.56. The average Bonchev–Trinajstić information content (AvgIpc) is 2.19. The average molecular weight is 262 g/mol. The highest BCUT2D eigenvalue weighted by Gasteiger charge is 2.34. The van der Waals surface area contributed by atoms with Crippen LogP contribution in [0.2, 0.25) is 0 Å². The molecule has 1 fully saturated rings. The zero-order valence-corrected chi connectivity index (χ0v) is 12.2. The number of nitrogens with one attached hydrogen (secondary N) is 1. The summed E-state index contributed by atoms with van der Waals surface area (Å²) in [6.45, 7) is 9.32. The van der Waals surface area contributed by atoms with E-state index in [9.17, 15) is 8.78 Å². The lowest BCUT2D eigenvalue weighted by molar-refractivity contribution is -0.0482. The second kappa shape index (κ2) is 6.29. The van der Waals surface area contributed by atoms with Crippen LogP contribution in [0, 0.1) is 5.92 Å². The maximum absolute atomic E-state index is 13.0. The number of halogens is 2. The molecular weight excluding hydrogens is 234 g/mol. The first-order valence-corrected chi connectivity index (χ1v) is 6.99. The number of alkyl halides is 2. The molecule has 0 atom stereocenters. The second-order valence-electron chi connectivity index (χ2n) is 6.74. The van der Waals surface area contributed by atoms with E-state index < -0.39 is 5.92 Å². The van der Waals surface area contributed by atoms with E-state index in [1.54, 1.807) is 0 Å². The maximum Gasteiger partial charge on any atom is 0.248 e. The summed E-state index contributed by atoms with van der Waals surface area (Å²) in [7, 11) is 2.08. The van der Waals surface area contributed by atoms with Gasteiger partial charge in [0.05, 0.1) is 0 Å². The molecule has 0 unspecified atom stereocenters. The highest BCUT2D eigenvalue weighted by atomic mass is 19.3. The van der Waals surface area contributed by atoms with Gasteiger partial charge in [-0.1, -0.05) is 0 Å². The van der Waals surface area contributed by atoms with Crippen LogP contribution in [-0.4, -0.2) is 43.0 Å². The van der Waals surface area contributed by atoms with Crippen molar-refractivity contribution in [2.75, 3.05) is 26.7 Å². The lowest BCUT2D eigenvalue weighted by atomic mass is 9.86. The van der Waals surface area contributed by atoms with E-state index in [0.29, 0.717) is 18.8 Å². The van der Waals surface area contributed by atoms with Crippen LogP contribution in [-0.2, 0) is 0 Å². The van der Waals surface area contributed by atoms with Crippen molar-refractivity contribution in [3.63, 3.8) is 0 Å². The van der Waals surface area contributed by atoms with E-state index in [4.69, 9.17) is 0 Å². The van der Waals surface area contributed by atoms with E-state index >= 15 is 0 Å². The SMILES string of the molecule is CN(CCNC(C)(C)C)CC1CCC(F)(F)CC1. The zero-order valence-electron chi connectivity index (χ0n) is 12.2. The van der Waals surface area contributed by atoms with Crippen molar-refractivity contribution in [1.82, 2.24) is 10.2 Å². The van der Waals surface area contributed by atoms with Crippen LogP contribution < -0.4 is 5.32 Å². The monoisotopic (exact) mass is 262 g/mol. The Hall–Kier alpha value is -0.220. The normalized spacial score (nSPS) is 21.5. The molecule has 1 rings (SSSR count). The Balaban J connectivity index is 2.15. The minimum Gasteiger partial charge on any atom is -0.311 e. The Morgan fingerprint density at radius 3 is 2.28 bits per heavy atom. The minimum atomic E-state index is -2.40.